The van der Waals surface area contributed by atoms with E-state index in [2.05, 4.69) is 4.99 Å². The maximum Gasteiger partial charge on any atom is 0.189 e. The van der Waals surface area contributed by atoms with Crippen molar-refractivity contribution in [2.45, 2.75) is 12.8 Å². The Morgan fingerprint density at radius 2 is 1.89 bits per heavy atom. The molecule has 100 valence electrons. The number of benzene rings is 1. The Hall–Kier alpha value is -2.21. The standard InChI is InChI=1S/C13H14FN3O2/c14-9-1-3-10(4-2-9)17-8-6-12(19)13(16)11(18)5-7-15/h1-4,8,16H,5-7,15H2. The van der Waals surface area contributed by atoms with E-state index in [0.717, 1.165) is 0 Å². The molecule has 0 aliphatic rings. The zero-order valence-corrected chi connectivity index (χ0v) is 10.2. The summed E-state index contributed by atoms with van der Waals surface area (Å²) >= 11 is 0. The van der Waals surface area contributed by atoms with Crippen LogP contribution in [-0.2, 0) is 9.59 Å². The smallest absolute Gasteiger partial charge is 0.189 e. The van der Waals surface area contributed by atoms with Crippen LogP contribution in [0.2, 0.25) is 0 Å². The maximum atomic E-state index is 12.6. The van der Waals surface area contributed by atoms with E-state index in [4.69, 9.17) is 11.1 Å². The van der Waals surface area contributed by atoms with Crippen molar-refractivity contribution in [1.82, 2.24) is 0 Å². The van der Waals surface area contributed by atoms with Gasteiger partial charge in [-0.25, -0.2) is 4.39 Å². The van der Waals surface area contributed by atoms with E-state index < -0.39 is 17.3 Å². The molecule has 5 nitrogen and oxygen atoms in total. The van der Waals surface area contributed by atoms with Gasteiger partial charge in [0, 0.05) is 19.1 Å². The van der Waals surface area contributed by atoms with Gasteiger partial charge in [-0.1, -0.05) is 0 Å². The summed E-state index contributed by atoms with van der Waals surface area (Å²) in [6.45, 7) is 0.109. The molecule has 0 fully saturated rings. The molecule has 6 heteroatoms. The second-order valence-corrected chi connectivity index (χ2v) is 3.75. The minimum absolute atomic E-state index is 0.0142. The molecule has 1 aromatic rings. The average Bonchev–Trinajstić information content (AvgIpc) is 2.40. The Labute approximate surface area is 109 Å². The van der Waals surface area contributed by atoms with Gasteiger partial charge in [0.15, 0.2) is 11.6 Å². The highest BCUT2D eigenvalue weighted by Gasteiger charge is 2.15. The molecule has 0 aromatic heterocycles. The Bertz CT molecular complexity index is 509. The summed E-state index contributed by atoms with van der Waals surface area (Å²) in [7, 11) is 0. The zero-order valence-electron chi connectivity index (χ0n) is 10.2. The van der Waals surface area contributed by atoms with Gasteiger partial charge in [0.05, 0.1) is 5.69 Å². The van der Waals surface area contributed by atoms with Crippen LogP contribution in [0, 0.1) is 11.2 Å². The highest BCUT2D eigenvalue weighted by atomic mass is 19.1. The second kappa shape index (κ2) is 7.27. The monoisotopic (exact) mass is 263 g/mol. The minimum atomic E-state index is -0.607. The fourth-order valence-corrected chi connectivity index (χ4v) is 1.27. The van der Waals surface area contributed by atoms with Crippen LogP contribution < -0.4 is 5.73 Å². The fraction of sp³-hybridized carbons (Fsp3) is 0.231. The van der Waals surface area contributed by atoms with E-state index in [1.54, 1.807) is 0 Å². The first-order valence-corrected chi connectivity index (χ1v) is 5.67. The van der Waals surface area contributed by atoms with Gasteiger partial charge in [-0.15, -0.1) is 0 Å². The number of aliphatic imine (C=N–C) groups is 1. The average molecular weight is 263 g/mol. The molecule has 1 rings (SSSR count). The lowest BCUT2D eigenvalue weighted by atomic mass is 10.1. The molecule has 0 saturated heterocycles. The van der Waals surface area contributed by atoms with Crippen molar-refractivity contribution in [3.8, 4) is 0 Å². The van der Waals surface area contributed by atoms with Crippen LogP contribution in [0.4, 0.5) is 10.1 Å². The van der Waals surface area contributed by atoms with Gasteiger partial charge in [0.25, 0.3) is 0 Å². The zero-order chi connectivity index (χ0) is 14.3. The molecule has 0 aliphatic heterocycles. The number of nitrogens with one attached hydrogen (secondary N) is 1. The van der Waals surface area contributed by atoms with Gasteiger partial charge in [-0.05, 0) is 30.8 Å². The Morgan fingerprint density at radius 1 is 1.26 bits per heavy atom. The first kappa shape index (κ1) is 14.8. The Balaban J connectivity index is 2.52. The van der Waals surface area contributed by atoms with Crippen LogP contribution in [-0.4, -0.2) is 30.0 Å². The number of carbonyl (C=O) groups excluding carboxylic acids is 2. The lowest BCUT2D eigenvalue weighted by Gasteiger charge is -1.98. The fourth-order valence-electron chi connectivity index (χ4n) is 1.27. The van der Waals surface area contributed by atoms with E-state index >= 15 is 0 Å². The molecule has 0 aliphatic carbocycles. The molecule has 0 radical (unpaired) electrons. The summed E-state index contributed by atoms with van der Waals surface area (Å²) in [6, 6.07) is 5.42. The van der Waals surface area contributed by atoms with Crippen LogP contribution >= 0.6 is 0 Å². The normalized spacial score (nSPS) is 10.6. The first-order chi connectivity index (χ1) is 9.04. The summed E-state index contributed by atoms with van der Waals surface area (Å²) in [5.74, 6) is -1.55. The predicted molar refractivity (Wildman–Crippen MR) is 70.6 cm³/mol. The molecule has 0 spiro atoms. The SMILES string of the molecule is N=C(C(=O)CC=Nc1ccc(F)cc1)C(=O)CCN. The molecule has 0 heterocycles. The number of hydrogen-bond acceptors (Lipinski definition) is 5. The number of carbonyl (C=O) groups is 2. The summed E-state index contributed by atoms with van der Waals surface area (Å²) in [6.07, 6.45) is 1.13. The van der Waals surface area contributed by atoms with Gasteiger partial charge in [-0.3, -0.25) is 20.0 Å². The molecular formula is C13H14FN3O2. The minimum Gasteiger partial charge on any atom is -0.330 e. The lowest BCUT2D eigenvalue weighted by Crippen LogP contribution is -2.25. The number of Topliss-reactive ketones (excluding diaryl/α,β-unsaturated/α-hetero) is 2. The predicted octanol–water partition coefficient (Wildman–Crippen LogP) is 1.42. The van der Waals surface area contributed by atoms with E-state index in [9.17, 15) is 14.0 Å². The van der Waals surface area contributed by atoms with Crippen LogP contribution in [0.15, 0.2) is 29.3 Å². The molecule has 3 N–H and O–H groups in total. The third-order valence-electron chi connectivity index (χ3n) is 2.27. The van der Waals surface area contributed by atoms with Crippen molar-refractivity contribution in [3.05, 3.63) is 30.1 Å². The Kier molecular flexibility index (Phi) is 5.69. The van der Waals surface area contributed by atoms with E-state index in [1.807, 2.05) is 0 Å². The van der Waals surface area contributed by atoms with Crippen molar-refractivity contribution in [3.63, 3.8) is 0 Å². The third kappa shape index (κ3) is 4.89. The lowest BCUT2D eigenvalue weighted by molar-refractivity contribution is -0.116. The van der Waals surface area contributed by atoms with Gasteiger partial charge >= 0.3 is 0 Å². The number of rotatable bonds is 7. The third-order valence-corrected chi connectivity index (χ3v) is 2.27. The summed E-state index contributed by atoms with van der Waals surface area (Å²) in [4.78, 5) is 26.6. The van der Waals surface area contributed by atoms with Crippen LogP contribution in [0.5, 0.6) is 0 Å². The van der Waals surface area contributed by atoms with E-state index in [1.165, 1.54) is 30.5 Å². The van der Waals surface area contributed by atoms with Crippen molar-refractivity contribution in [1.29, 1.82) is 5.41 Å². The van der Waals surface area contributed by atoms with Gasteiger partial charge in [0.1, 0.15) is 11.5 Å². The number of ketones is 2. The number of hydrogen-bond donors (Lipinski definition) is 2. The van der Waals surface area contributed by atoms with E-state index in [-0.39, 0.29) is 25.2 Å². The van der Waals surface area contributed by atoms with Crippen molar-refractivity contribution >= 4 is 29.2 Å². The highest BCUT2D eigenvalue weighted by Crippen LogP contribution is 2.11. The topological polar surface area (TPSA) is 96.4 Å². The highest BCUT2D eigenvalue weighted by molar-refractivity contribution is 6.65. The molecule has 0 bridgehead atoms. The molecule has 0 saturated carbocycles. The summed E-state index contributed by atoms with van der Waals surface area (Å²) in [5, 5.41) is 7.35. The first-order valence-electron chi connectivity index (χ1n) is 5.67. The Morgan fingerprint density at radius 3 is 2.47 bits per heavy atom. The molecule has 19 heavy (non-hydrogen) atoms. The number of halogens is 1. The molecule has 0 unspecified atom stereocenters. The molecular weight excluding hydrogens is 249 g/mol. The largest absolute Gasteiger partial charge is 0.330 e. The quantitative estimate of drug-likeness (QED) is 0.575. The van der Waals surface area contributed by atoms with Gasteiger partial charge in [-0.2, -0.15) is 0 Å². The van der Waals surface area contributed by atoms with Crippen LogP contribution in [0.25, 0.3) is 0 Å². The van der Waals surface area contributed by atoms with Crippen LogP contribution in [0.1, 0.15) is 12.8 Å². The molecule has 1 aromatic carbocycles. The van der Waals surface area contributed by atoms with Gasteiger partial charge in [0.2, 0.25) is 0 Å². The molecule has 0 amide bonds. The van der Waals surface area contributed by atoms with Crippen LogP contribution in [0.3, 0.4) is 0 Å². The van der Waals surface area contributed by atoms with Gasteiger partial charge < -0.3 is 5.73 Å². The summed E-state index contributed by atoms with van der Waals surface area (Å²) < 4.78 is 12.6. The second-order valence-electron chi connectivity index (χ2n) is 3.75. The molecule has 0 atom stereocenters. The maximum absolute atomic E-state index is 12.6. The number of nitrogens with two attached hydrogens (primary N) is 1. The van der Waals surface area contributed by atoms with Crippen molar-refractivity contribution in [2.24, 2.45) is 10.7 Å². The number of nitrogens with zero attached hydrogens (tertiary/aromatic N) is 1. The van der Waals surface area contributed by atoms with Crippen molar-refractivity contribution < 1.29 is 14.0 Å². The van der Waals surface area contributed by atoms with Crippen molar-refractivity contribution in [2.75, 3.05) is 6.54 Å². The van der Waals surface area contributed by atoms with E-state index in [0.29, 0.717) is 5.69 Å². The summed E-state index contributed by atoms with van der Waals surface area (Å²) in [5.41, 5.74) is 5.11.